The molecule has 0 saturated carbocycles. The number of hydrogen-bond acceptors (Lipinski definition) is 3. The van der Waals surface area contributed by atoms with Crippen LogP contribution in [0.5, 0.6) is 0 Å². The van der Waals surface area contributed by atoms with Crippen LogP contribution in [-0.2, 0) is 6.54 Å². The SMILES string of the molecule is CN=C(NCc1ccc(-n2cccn2)cc1)NCC(C)c1cccs1.I. The van der Waals surface area contributed by atoms with Gasteiger partial charge in [-0.15, -0.1) is 35.3 Å². The van der Waals surface area contributed by atoms with Crippen LogP contribution in [0.2, 0.25) is 0 Å². The molecule has 0 saturated heterocycles. The van der Waals surface area contributed by atoms with Gasteiger partial charge in [-0.05, 0) is 35.2 Å². The lowest BCUT2D eigenvalue weighted by Crippen LogP contribution is -2.38. The van der Waals surface area contributed by atoms with Crippen molar-refractivity contribution in [2.24, 2.45) is 4.99 Å². The highest BCUT2D eigenvalue weighted by molar-refractivity contribution is 14.0. The average Bonchev–Trinajstić information content (AvgIpc) is 3.36. The Kier molecular flexibility index (Phi) is 8.11. The van der Waals surface area contributed by atoms with Crippen molar-refractivity contribution < 1.29 is 0 Å². The molecule has 0 aliphatic heterocycles. The molecule has 26 heavy (non-hydrogen) atoms. The largest absolute Gasteiger partial charge is 0.356 e. The van der Waals surface area contributed by atoms with Gasteiger partial charge in [-0.1, -0.05) is 25.1 Å². The Bertz CT molecular complexity index is 782. The van der Waals surface area contributed by atoms with E-state index in [0.29, 0.717) is 5.92 Å². The zero-order valence-electron chi connectivity index (χ0n) is 14.9. The molecular weight excluding hydrogens is 457 g/mol. The lowest BCUT2D eigenvalue weighted by atomic mass is 10.1. The highest BCUT2D eigenvalue weighted by Gasteiger charge is 2.07. The van der Waals surface area contributed by atoms with Crippen LogP contribution in [0.1, 0.15) is 23.3 Å². The molecule has 2 heterocycles. The van der Waals surface area contributed by atoms with Crippen molar-refractivity contribution in [1.29, 1.82) is 0 Å². The van der Waals surface area contributed by atoms with Crippen LogP contribution >= 0.6 is 35.3 Å². The second-order valence-corrected chi connectivity index (χ2v) is 6.82. The fraction of sp³-hybridized carbons (Fsp3) is 0.263. The normalized spacial score (nSPS) is 12.3. The van der Waals surface area contributed by atoms with Gasteiger partial charge in [0.15, 0.2) is 5.96 Å². The Morgan fingerprint density at radius 3 is 2.62 bits per heavy atom. The summed E-state index contributed by atoms with van der Waals surface area (Å²) in [5.41, 5.74) is 2.26. The van der Waals surface area contributed by atoms with Crippen LogP contribution in [0, 0.1) is 0 Å². The van der Waals surface area contributed by atoms with Crippen molar-refractivity contribution in [3.05, 3.63) is 70.7 Å². The number of benzene rings is 1. The van der Waals surface area contributed by atoms with Crippen molar-refractivity contribution in [2.45, 2.75) is 19.4 Å². The van der Waals surface area contributed by atoms with E-state index in [1.807, 2.05) is 16.9 Å². The van der Waals surface area contributed by atoms with E-state index in [1.54, 1.807) is 24.6 Å². The Morgan fingerprint density at radius 1 is 1.19 bits per heavy atom. The van der Waals surface area contributed by atoms with Gasteiger partial charge in [0.1, 0.15) is 0 Å². The molecule has 2 aromatic heterocycles. The second kappa shape index (κ2) is 10.3. The fourth-order valence-corrected chi connectivity index (χ4v) is 3.30. The molecule has 5 nitrogen and oxygen atoms in total. The van der Waals surface area contributed by atoms with Crippen LogP contribution in [0.3, 0.4) is 0 Å². The van der Waals surface area contributed by atoms with E-state index in [4.69, 9.17) is 0 Å². The molecule has 0 bridgehead atoms. The predicted octanol–water partition coefficient (Wildman–Crippen LogP) is 4.02. The summed E-state index contributed by atoms with van der Waals surface area (Å²) in [7, 11) is 1.80. The Labute approximate surface area is 175 Å². The Balaban J connectivity index is 0.00000243. The molecule has 1 aromatic carbocycles. The van der Waals surface area contributed by atoms with Crippen molar-refractivity contribution in [2.75, 3.05) is 13.6 Å². The van der Waals surface area contributed by atoms with E-state index in [-0.39, 0.29) is 24.0 Å². The van der Waals surface area contributed by atoms with E-state index in [1.165, 1.54) is 10.4 Å². The number of aromatic nitrogens is 2. The molecular formula is C19H24IN5S. The van der Waals surface area contributed by atoms with Gasteiger partial charge in [0, 0.05) is 43.3 Å². The van der Waals surface area contributed by atoms with Gasteiger partial charge in [-0.3, -0.25) is 4.99 Å². The monoisotopic (exact) mass is 481 g/mol. The first-order valence-electron chi connectivity index (χ1n) is 8.33. The summed E-state index contributed by atoms with van der Waals surface area (Å²) in [5.74, 6) is 1.28. The molecule has 2 N–H and O–H groups in total. The Hall–Kier alpha value is -1.87. The molecule has 138 valence electrons. The summed E-state index contributed by atoms with van der Waals surface area (Å²) in [5, 5.41) is 13.1. The van der Waals surface area contributed by atoms with Gasteiger partial charge < -0.3 is 10.6 Å². The lowest BCUT2D eigenvalue weighted by molar-refractivity contribution is 0.708. The van der Waals surface area contributed by atoms with Gasteiger partial charge >= 0.3 is 0 Å². The van der Waals surface area contributed by atoms with E-state index in [0.717, 1.165) is 24.7 Å². The van der Waals surface area contributed by atoms with Crippen molar-refractivity contribution in [3.8, 4) is 5.69 Å². The summed E-state index contributed by atoms with van der Waals surface area (Å²) in [6.07, 6.45) is 3.72. The fourth-order valence-electron chi connectivity index (χ4n) is 2.52. The number of guanidine groups is 1. The third-order valence-electron chi connectivity index (χ3n) is 3.99. The summed E-state index contributed by atoms with van der Waals surface area (Å²) in [6.45, 7) is 3.81. The molecule has 0 spiro atoms. The maximum absolute atomic E-state index is 4.30. The maximum Gasteiger partial charge on any atom is 0.191 e. The number of halogens is 1. The summed E-state index contributed by atoms with van der Waals surface area (Å²) in [6, 6.07) is 14.5. The minimum Gasteiger partial charge on any atom is -0.356 e. The van der Waals surface area contributed by atoms with E-state index < -0.39 is 0 Å². The zero-order valence-corrected chi connectivity index (χ0v) is 18.1. The third kappa shape index (κ3) is 5.57. The Morgan fingerprint density at radius 2 is 2.00 bits per heavy atom. The molecule has 7 heteroatoms. The number of hydrogen-bond donors (Lipinski definition) is 2. The van der Waals surface area contributed by atoms with E-state index in [2.05, 4.69) is 69.4 Å². The first kappa shape index (κ1) is 20.4. The van der Waals surface area contributed by atoms with Crippen molar-refractivity contribution >= 4 is 41.3 Å². The van der Waals surface area contributed by atoms with Crippen molar-refractivity contribution in [3.63, 3.8) is 0 Å². The highest BCUT2D eigenvalue weighted by atomic mass is 127. The quantitative estimate of drug-likeness (QED) is 0.318. The number of thiophene rings is 1. The zero-order chi connectivity index (χ0) is 17.5. The van der Waals surface area contributed by atoms with Crippen molar-refractivity contribution in [1.82, 2.24) is 20.4 Å². The summed E-state index contributed by atoms with van der Waals surface area (Å²) < 4.78 is 1.85. The first-order valence-corrected chi connectivity index (χ1v) is 9.21. The van der Waals surface area contributed by atoms with Gasteiger partial charge in [0.25, 0.3) is 0 Å². The number of rotatable bonds is 6. The predicted molar refractivity (Wildman–Crippen MR) is 120 cm³/mol. The number of nitrogens with one attached hydrogen (secondary N) is 2. The molecule has 3 rings (SSSR count). The molecule has 3 aromatic rings. The maximum atomic E-state index is 4.30. The van der Waals surface area contributed by atoms with Gasteiger partial charge in [-0.25, -0.2) is 4.68 Å². The van der Waals surface area contributed by atoms with Crippen LogP contribution in [-0.4, -0.2) is 29.3 Å². The molecule has 0 fully saturated rings. The molecule has 0 amide bonds. The topological polar surface area (TPSA) is 54.2 Å². The lowest BCUT2D eigenvalue weighted by Gasteiger charge is -2.15. The minimum atomic E-state index is 0. The molecule has 0 aliphatic rings. The summed E-state index contributed by atoms with van der Waals surface area (Å²) in [4.78, 5) is 5.68. The van der Waals surface area contributed by atoms with E-state index in [9.17, 15) is 0 Å². The second-order valence-electron chi connectivity index (χ2n) is 5.84. The minimum absolute atomic E-state index is 0. The third-order valence-corrected chi connectivity index (χ3v) is 5.10. The van der Waals surface area contributed by atoms with Gasteiger partial charge in [-0.2, -0.15) is 5.10 Å². The van der Waals surface area contributed by atoms with Gasteiger partial charge in [0.2, 0.25) is 0 Å². The molecule has 1 unspecified atom stereocenters. The van der Waals surface area contributed by atoms with Crippen LogP contribution in [0.4, 0.5) is 0 Å². The van der Waals surface area contributed by atoms with Crippen LogP contribution < -0.4 is 10.6 Å². The first-order chi connectivity index (χ1) is 12.3. The molecule has 0 radical (unpaired) electrons. The van der Waals surface area contributed by atoms with Crippen LogP contribution in [0.15, 0.2) is 65.2 Å². The molecule has 0 aliphatic carbocycles. The smallest absolute Gasteiger partial charge is 0.191 e. The molecule has 1 atom stereocenters. The standard InChI is InChI=1S/C19H23N5S.HI/c1-15(18-5-3-12-25-18)13-21-19(20-2)22-14-16-6-8-17(9-7-16)24-11-4-10-23-24;/h3-12,15H,13-14H2,1-2H3,(H2,20,21,22);1H. The number of aliphatic imine (C=N–C) groups is 1. The highest BCUT2D eigenvalue weighted by Crippen LogP contribution is 2.19. The van der Waals surface area contributed by atoms with Gasteiger partial charge in [0.05, 0.1) is 5.69 Å². The van der Waals surface area contributed by atoms with E-state index >= 15 is 0 Å². The number of nitrogens with zero attached hydrogens (tertiary/aromatic N) is 3. The average molecular weight is 481 g/mol. The summed E-state index contributed by atoms with van der Waals surface area (Å²) >= 11 is 1.79. The van der Waals surface area contributed by atoms with Crippen LogP contribution in [0.25, 0.3) is 5.69 Å².